The average Bonchev–Trinajstić information content (AvgIpc) is 3.05. The van der Waals surface area contributed by atoms with Crippen molar-refractivity contribution in [1.82, 2.24) is 10.2 Å². The highest BCUT2D eigenvalue weighted by Gasteiger charge is 2.51. The van der Waals surface area contributed by atoms with E-state index >= 15 is 0 Å². The van der Waals surface area contributed by atoms with E-state index < -0.39 is 0 Å². The van der Waals surface area contributed by atoms with Crippen LogP contribution in [0.1, 0.15) is 64.6 Å². The molecule has 2 nitrogen and oxygen atoms in total. The van der Waals surface area contributed by atoms with Crippen molar-refractivity contribution < 1.29 is 0 Å². The molecule has 3 atom stereocenters. The molecule has 29 heavy (non-hydrogen) atoms. The number of nitrogens with one attached hydrogen (secondary N) is 1. The van der Waals surface area contributed by atoms with Gasteiger partial charge in [-0.05, 0) is 56.5 Å². The van der Waals surface area contributed by atoms with E-state index in [2.05, 4.69) is 93.9 Å². The normalized spacial score (nSPS) is 28.3. The first-order valence-electron chi connectivity index (χ1n) is 11.0. The molecule has 2 heterocycles. The van der Waals surface area contributed by atoms with Gasteiger partial charge in [0.2, 0.25) is 0 Å². The Kier molecular flexibility index (Phi) is 5.06. The summed E-state index contributed by atoms with van der Waals surface area (Å²) >= 11 is 0. The van der Waals surface area contributed by atoms with Gasteiger partial charge in [0.15, 0.2) is 0 Å². The molecule has 1 aliphatic carbocycles. The molecule has 0 fully saturated rings. The van der Waals surface area contributed by atoms with E-state index in [0.29, 0.717) is 12.0 Å². The van der Waals surface area contributed by atoms with Gasteiger partial charge in [0.1, 0.15) is 0 Å². The van der Waals surface area contributed by atoms with Crippen LogP contribution in [-0.2, 0) is 0 Å². The minimum Gasteiger partial charge on any atom is -0.382 e. The van der Waals surface area contributed by atoms with Crippen molar-refractivity contribution in [2.24, 2.45) is 5.92 Å². The van der Waals surface area contributed by atoms with E-state index in [0.717, 1.165) is 19.4 Å². The van der Waals surface area contributed by atoms with Crippen molar-refractivity contribution in [3.8, 4) is 0 Å². The largest absolute Gasteiger partial charge is 0.382 e. The lowest BCUT2D eigenvalue weighted by atomic mass is 9.61. The Morgan fingerprint density at radius 3 is 2.72 bits per heavy atom. The molecule has 3 unspecified atom stereocenters. The summed E-state index contributed by atoms with van der Waals surface area (Å²) < 4.78 is 0. The van der Waals surface area contributed by atoms with Gasteiger partial charge in [0.05, 0.1) is 11.6 Å². The Hall–Kier alpha value is -2.48. The second-order valence-electron chi connectivity index (χ2n) is 8.80. The molecule has 152 valence electrons. The maximum absolute atomic E-state index is 3.96. The van der Waals surface area contributed by atoms with Crippen molar-refractivity contribution in [1.29, 1.82) is 0 Å². The van der Waals surface area contributed by atoms with Gasteiger partial charge in [0, 0.05) is 23.7 Å². The summed E-state index contributed by atoms with van der Waals surface area (Å²) in [7, 11) is 0. The Balaban J connectivity index is 1.87. The monoisotopic (exact) mass is 386 g/mol. The van der Waals surface area contributed by atoms with Crippen LogP contribution < -0.4 is 5.32 Å². The number of nitrogens with zero attached hydrogens (tertiary/aromatic N) is 1. The first-order valence-corrected chi connectivity index (χ1v) is 11.0. The van der Waals surface area contributed by atoms with Crippen LogP contribution in [0.4, 0.5) is 0 Å². The molecule has 0 saturated heterocycles. The molecule has 1 aromatic rings. The molecule has 0 amide bonds. The predicted octanol–water partition coefficient (Wildman–Crippen LogP) is 6.53. The van der Waals surface area contributed by atoms with Gasteiger partial charge in [0.25, 0.3) is 0 Å². The standard InChI is InChI=1S/C27H34N2/c1-7-18(4)20(8-2)24-23(17-27(24,6)28-9-3)26-22-15-11-10-14-21(22)25-19(5)13-12-16-29(25)26/h9-15,17,24,26,28H,3,7-8,16H2,1-2,4-6H3/b20-18+. The fourth-order valence-corrected chi connectivity index (χ4v) is 5.71. The number of allylic oxidation sites excluding steroid dienone is 3. The van der Waals surface area contributed by atoms with Crippen LogP contribution in [0.2, 0.25) is 0 Å². The molecule has 0 bridgehead atoms. The summed E-state index contributed by atoms with van der Waals surface area (Å²) in [5.74, 6) is 0.397. The second kappa shape index (κ2) is 7.40. The summed E-state index contributed by atoms with van der Waals surface area (Å²) in [5, 5.41) is 3.57. The van der Waals surface area contributed by atoms with Crippen molar-refractivity contribution in [2.75, 3.05) is 6.54 Å². The zero-order valence-electron chi connectivity index (χ0n) is 18.5. The molecule has 0 spiro atoms. The molecule has 2 heteroatoms. The van der Waals surface area contributed by atoms with E-state index in [1.807, 2.05) is 6.20 Å². The highest BCUT2D eigenvalue weighted by molar-refractivity contribution is 5.78. The first-order chi connectivity index (χ1) is 14.0. The van der Waals surface area contributed by atoms with Gasteiger partial charge >= 0.3 is 0 Å². The van der Waals surface area contributed by atoms with E-state index in [-0.39, 0.29) is 5.54 Å². The molecule has 0 saturated carbocycles. The quantitative estimate of drug-likeness (QED) is 0.559. The summed E-state index contributed by atoms with van der Waals surface area (Å²) in [6.45, 7) is 16.4. The molecule has 0 radical (unpaired) electrons. The molecule has 2 aliphatic heterocycles. The number of fused-ring (bicyclic) bond motifs is 3. The number of hydrogen-bond donors (Lipinski definition) is 1. The second-order valence-corrected chi connectivity index (χ2v) is 8.80. The van der Waals surface area contributed by atoms with Crippen molar-refractivity contribution in [3.05, 3.63) is 88.7 Å². The van der Waals surface area contributed by atoms with Crippen LogP contribution in [0.5, 0.6) is 0 Å². The van der Waals surface area contributed by atoms with E-state index in [1.54, 1.807) is 5.57 Å². The molecule has 3 aliphatic rings. The number of hydrogen-bond acceptors (Lipinski definition) is 2. The van der Waals surface area contributed by atoms with Crippen LogP contribution in [-0.4, -0.2) is 17.0 Å². The SMILES string of the molecule is C=CNC1(C)C=C(C2c3ccccc3C3=C(C)C=CCN32)C1/C(CC)=C(\C)CC. The molecular formula is C27H34N2. The maximum atomic E-state index is 3.96. The highest BCUT2D eigenvalue weighted by atomic mass is 15.2. The Labute approximate surface area is 176 Å². The zero-order chi connectivity index (χ0) is 20.8. The van der Waals surface area contributed by atoms with Gasteiger partial charge in [-0.3, -0.25) is 0 Å². The smallest absolute Gasteiger partial charge is 0.0773 e. The van der Waals surface area contributed by atoms with Gasteiger partial charge in [-0.1, -0.05) is 74.1 Å². The minimum atomic E-state index is -0.0685. The van der Waals surface area contributed by atoms with Crippen LogP contribution >= 0.6 is 0 Å². The van der Waals surface area contributed by atoms with Crippen LogP contribution in [0.3, 0.4) is 0 Å². The lowest BCUT2D eigenvalue weighted by Crippen LogP contribution is -2.54. The van der Waals surface area contributed by atoms with Gasteiger partial charge in [-0.25, -0.2) is 0 Å². The summed E-state index contributed by atoms with van der Waals surface area (Å²) in [6.07, 6.45) is 11.1. The zero-order valence-corrected chi connectivity index (χ0v) is 18.5. The predicted molar refractivity (Wildman–Crippen MR) is 124 cm³/mol. The van der Waals surface area contributed by atoms with E-state index in [1.165, 1.54) is 33.5 Å². The fourth-order valence-electron chi connectivity index (χ4n) is 5.71. The third-order valence-corrected chi connectivity index (χ3v) is 7.09. The fraction of sp³-hybridized carbons (Fsp3) is 0.407. The molecule has 4 rings (SSSR count). The Bertz CT molecular complexity index is 959. The first kappa shape index (κ1) is 19.8. The van der Waals surface area contributed by atoms with Gasteiger partial charge in [-0.15, -0.1) is 0 Å². The Morgan fingerprint density at radius 1 is 1.28 bits per heavy atom. The van der Waals surface area contributed by atoms with Crippen LogP contribution in [0.15, 0.2) is 77.6 Å². The number of rotatable bonds is 6. The molecule has 0 aromatic heterocycles. The molecule has 1 N–H and O–H groups in total. The highest BCUT2D eigenvalue weighted by Crippen LogP contribution is 2.56. The Morgan fingerprint density at radius 2 is 2.03 bits per heavy atom. The van der Waals surface area contributed by atoms with Crippen molar-refractivity contribution >= 4 is 5.70 Å². The molecular weight excluding hydrogens is 352 g/mol. The minimum absolute atomic E-state index is 0.0685. The van der Waals surface area contributed by atoms with Gasteiger partial charge < -0.3 is 10.2 Å². The summed E-state index contributed by atoms with van der Waals surface area (Å²) in [6, 6.07) is 9.30. The van der Waals surface area contributed by atoms with Crippen molar-refractivity contribution in [2.45, 2.75) is 59.0 Å². The topological polar surface area (TPSA) is 15.3 Å². The van der Waals surface area contributed by atoms with Crippen LogP contribution in [0.25, 0.3) is 5.70 Å². The third kappa shape index (κ3) is 2.92. The van der Waals surface area contributed by atoms with E-state index in [4.69, 9.17) is 0 Å². The van der Waals surface area contributed by atoms with Crippen molar-refractivity contribution in [3.63, 3.8) is 0 Å². The lowest BCUT2D eigenvalue weighted by Gasteiger charge is -2.51. The third-order valence-electron chi connectivity index (χ3n) is 7.09. The summed E-state index contributed by atoms with van der Waals surface area (Å²) in [4.78, 5) is 2.61. The van der Waals surface area contributed by atoms with E-state index in [9.17, 15) is 0 Å². The van der Waals surface area contributed by atoms with Gasteiger partial charge in [-0.2, -0.15) is 0 Å². The lowest BCUT2D eigenvalue weighted by molar-refractivity contribution is 0.273. The maximum Gasteiger partial charge on any atom is 0.0773 e. The van der Waals surface area contributed by atoms with Crippen LogP contribution in [0, 0.1) is 5.92 Å². The summed E-state index contributed by atoms with van der Waals surface area (Å²) in [5.41, 5.74) is 10.2. The molecule has 1 aromatic carbocycles. The number of benzene rings is 1. The average molecular weight is 387 g/mol.